The van der Waals surface area contributed by atoms with Crippen LogP contribution in [0, 0.1) is 0 Å². The van der Waals surface area contributed by atoms with E-state index < -0.39 is 0 Å². The third-order valence-corrected chi connectivity index (χ3v) is 3.96. The third kappa shape index (κ3) is 3.24. The Kier molecular flexibility index (Phi) is 4.76. The van der Waals surface area contributed by atoms with Gasteiger partial charge < -0.3 is 14.8 Å². The fourth-order valence-corrected chi connectivity index (χ4v) is 2.75. The number of carbonyl (C=O) groups excluding carboxylic acids is 1. The zero-order valence-corrected chi connectivity index (χ0v) is 14.3. The number of methoxy groups -OCH3 is 1. The number of nitrogens with one attached hydrogen (secondary N) is 1. The molecule has 1 heterocycles. The van der Waals surface area contributed by atoms with Crippen LogP contribution in [0.3, 0.4) is 0 Å². The number of rotatable bonds is 5. The molecule has 24 heavy (non-hydrogen) atoms. The van der Waals surface area contributed by atoms with Gasteiger partial charge in [0, 0.05) is 21.8 Å². The van der Waals surface area contributed by atoms with E-state index in [-0.39, 0.29) is 5.91 Å². The van der Waals surface area contributed by atoms with Gasteiger partial charge in [0.05, 0.1) is 13.7 Å². The summed E-state index contributed by atoms with van der Waals surface area (Å²) in [5.41, 5.74) is 3.01. The molecule has 2 aromatic rings. The van der Waals surface area contributed by atoms with Crippen molar-refractivity contribution in [3.05, 3.63) is 52.5 Å². The maximum Gasteiger partial charge on any atom is 0.256 e. The van der Waals surface area contributed by atoms with Crippen LogP contribution in [-0.4, -0.2) is 19.6 Å². The van der Waals surface area contributed by atoms with Crippen molar-refractivity contribution in [3.63, 3.8) is 0 Å². The van der Waals surface area contributed by atoms with E-state index in [0.29, 0.717) is 28.7 Å². The molecule has 2 aromatic carbocycles. The van der Waals surface area contributed by atoms with Crippen LogP contribution in [-0.2, 0) is 4.79 Å². The summed E-state index contributed by atoms with van der Waals surface area (Å²) < 4.78 is 11.0. The largest absolute Gasteiger partial charge is 0.493 e. The number of carbonyl (C=O) groups is 1. The van der Waals surface area contributed by atoms with Gasteiger partial charge >= 0.3 is 0 Å². The van der Waals surface area contributed by atoms with E-state index >= 15 is 0 Å². The maximum atomic E-state index is 12.2. The SMILES string of the molecule is CCCOc1ccc(C=C2C(=O)Nc3ccc(Cl)cc32)cc1OC. The van der Waals surface area contributed by atoms with E-state index in [1.54, 1.807) is 25.3 Å². The third-order valence-electron chi connectivity index (χ3n) is 3.72. The summed E-state index contributed by atoms with van der Waals surface area (Å²) in [6, 6.07) is 11.0. The number of benzene rings is 2. The zero-order valence-electron chi connectivity index (χ0n) is 13.6. The normalized spacial score (nSPS) is 14.5. The second-order valence-electron chi connectivity index (χ2n) is 5.46. The Hall–Kier alpha value is -2.46. The molecule has 1 N–H and O–H groups in total. The molecule has 0 atom stereocenters. The minimum absolute atomic E-state index is 0.141. The second kappa shape index (κ2) is 6.97. The van der Waals surface area contributed by atoms with E-state index in [0.717, 1.165) is 23.2 Å². The van der Waals surface area contributed by atoms with Crippen molar-refractivity contribution >= 4 is 34.8 Å². The summed E-state index contributed by atoms with van der Waals surface area (Å²) in [6.07, 6.45) is 2.75. The van der Waals surface area contributed by atoms with E-state index in [2.05, 4.69) is 5.32 Å². The Morgan fingerprint density at radius 2 is 2.00 bits per heavy atom. The highest BCUT2D eigenvalue weighted by atomic mass is 35.5. The average molecular weight is 344 g/mol. The standard InChI is InChI=1S/C19H18ClNO3/c1-3-8-24-17-7-4-12(10-18(17)23-2)9-15-14-11-13(20)5-6-16(14)21-19(15)22/h4-7,9-11H,3,8H2,1-2H3,(H,21,22). The van der Waals surface area contributed by atoms with Crippen LogP contribution in [0.1, 0.15) is 24.5 Å². The fourth-order valence-electron chi connectivity index (χ4n) is 2.58. The lowest BCUT2D eigenvalue weighted by Crippen LogP contribution is -2.03. The van der Waals surface area contributed by atoms with Crippen molar-refractivity contribution in [2.24, 2.45) is 0 Å². The van der Waals surface area contributed by atoms with Crippen LogP contribution in [0.2, 0.25) is 5.02 Å². The van der Waals surface area contributed by atoms with Gasteiger partial charge in [-0.15, -0.1) is 0 Å². The van der Waals surface area contributed by atoms with Gasteiger partial charge in [-0.1, -0.05) is 24.6 Å². The van der Waals surface area contributed by atoms with Crippen molar-refractivity contribution in [1.82, 2.24) is 0 Å². The first-order valence-electron chi connectivity index (χ1n) is 7.76. The van der Waals surface area contributed by atoms with Gasteiger partial charge in [0.25, 0.3) is 5.91 Å². The van der Waals surface area contributed by atoms with E-state index in [4.69, 9.17) is 21.1 Å². The molecule has 1 aliphatic rings. The summed E-state index contributed by atoms with van der Waals surface area (Å²) in [7, 11) is 1.60. The summed E-state index contributed by atoms with van der Waals surface area (Å²) in [4.78, 5) is 12.2. The number of amides is 1. The van der Waals surface area contributed by atoms with Crippen molar-refractivity contribution in [2.45, 2.75) is 13.3 Å². The van der Waals surface area contributed by atoms with Crippen molar-refractivity contribution < 1.29 is 14.3 Å². The molecular weight excluding hydrogens is 326 g/mol. The molecule has 0 unspecified atom stereocenters. The molecule has 0 aromatic heterocycles. The van der Waals surface area contributed by atoms with Crippen LogP contribution in [0.4, 0.5) is 5.69 Å². The first-order chi connectivity index (χ1) is 11.6. The maximum absolute atomic E-state index is 12.2. The van der Waals surface area contributed by atoms with E-state index in [9.17, 15) is 4.79 Å². The molecule has 0 aliphatic carbocycles. The summed E-state index contributed by atoms with van der Waals surface area (Å²) in [5, 5.41) is 3.44. The molecule has 1 aliphatic heterocycles. The highest BCUT2D eigenvalue weighted by molar-refractivity contribution is 6.36. The highest BCUT2D eigenvalue weighted by Gasteiger charge is 2.24. The zero-order chi connectivity index (χ0) is 17.1. The molecule has 124 valence electrons. The Bertz CT molecular complexity index is 814. The van der Waals surface area contributed by atoms with E-state index in [1.165, 1.54) is 0 Å². The Morgan fingerprint density at radius 1 is 1.17 bits per heavy atom. The van der Waals surface area contributed by atoms with E-state index in [1.807, 2.05) is 31.2 Å². The Morgan fingerprint density at radius 3 is 2.75 bits per heavy atom. The van der Waals surface area contributed by atoms with Crippen molar-refractivity contribution in [1.29, 1.82) is 0 Å². The first-order valence-corrected chi connectivity index (χ1v) is 8.14. The molecule has 0 spiro atoms. The molecule has 0 saturated heterocycles. The summed E-state index contributed by atoms with van der Waals surface area (Å²) in [5.74, 6) is 1.20. The summed E-state index contributed by atoms with van der Waals surface area (Å²) in [6.45, 7) is 2.68. The van der Waals surface area contributed by atoms with Gasteiger partial charge in [-0.25, -0.2) is 0 Å². The van der Waals surface area contributed by atoms with Crippen LogP contribution < -0.4 is 14.8 Å². The number of fused-ring (bicyclic) bond motifs is 1. The van der Waals surface area contributed by atoms with Crippen LogP contribution in [0.5, 0.6) is 11.5 Å². The number of hydrogen-bond donors (Lipinski definition) is 1. The molecule has 0 saturated carbocycles. The molecule has 3 rings (SSSR count). The van der Waals surface area contributed by atoms with Crippen molar-refractivity contribution in [3.8, 4) is 11.5 Å². The molecule has 5 heteroatoms. The second-order valence-corrected chi connectivity index (χ2v) is 5.90. The highest BCUT2D eigenvalue weighted by Crippen LogP contribution is 2.36. The number of ether oxygens (including phenoxy) is 2. The molecular formula is C19H18ClNO3. The number of hydrogen-bond acceptors (Lipinski definition) is 3. The average Bonchev–Trinajstić information content (AvgIpc) is 2.88. The number of anilines is 1. The lowest BCUT2D eigenvalue weighted by molar-refractivity contribution is -0.110. The molecule has 0 bridgehead atoms. The first kappa shape index (κ1) is 16.4. The van der Waals surface area contributed by atoms with Gasteiger partial charge in [-0.3, -0.25) is 4.79 Å². The van der Waals surface area contributed by atoms with Crippen LogP contribution >= 0.6 is 11.6 Å². The van der Waals surface area contributed by atoms with Gasteiger partial charge in [-0.2, -0.15) is 0 Å². The Labute approximate surface area is 146 Å². The van der Waals surface area contributed by atoms with Crippen LogP contribution in [0.15, 0.2) is 36.4 Å². The smallest absolute Gasteiger partial charge is 0.256 e. The fraction of sp³-hybridized carbons (Fsp3) is 0.211. The molecule has 0 fully saturated rings. The lowest BCUT2D eigenvalue weighted by Gasteiger charge is -2.10. The monoisotopic (exact) mass is 343 g/mol. The molecule has 1 amide bonds. The molecule has 0 radical (unpaired) electrons. The van der Waals surface area contributed by atoms with Gasteiger partial charge in [0.15, 0.2) is 11.5 Å². The molecule has 4 nitrogen and oxygen atoms in total. The predicted octanol–water partition coefficient (Wildman–Crippen LogP) is 4.63. The minimum Gasteiger partial charge on any atom is -0.493 e. The number of halogens is 1. The van der Waals surface area contributed by atoms with Gasteiger partial charge in [0.1, 0.15) is 0 Å². The Balaban J connectivity index is 1.97. The lowest BCUT2D eigenvalue weighted by atomic mass is 10.0. The predicted molar refractivity (Wildman–Crippen MR) is 96.7 cm³/mol. The minimum atomic E-state index is -0.141. The topological polar surface area (TPSA) is 47.6 Å². The van der Waals surface area contributed by atoms with Crippen molar-refractivity contribution in [2.75, 3.05) is 19.0 Å². The quantitative estimate of drug-likeness (QED) is 0.805. The van der Waals surface area contributed by atoms with Gasteiger partial charge in [0.2, 0.25) is 0 Å². The van der Waals surface area contributed by atoms with Gasteiger partial charge in [-0.05, 0) is 48.4 Å². The summed E-state index contributed by atoms with van der Waals surface area (Å²) >= 11 is 6.05. The van der Waals surface area contributed by atoms with Crippen LogP contribution in [0.25, 0.3) is 11.6 Å².